The molecule has 0 aromatic heterocycles. The zero-order valence-electron chi connectivity index (χ0n) is 17.7. The molecule has 3 aliphatic heterocycles. The molecular formula is C24H31F3N2O. The van der Waals surface area contributed by atoms with E-state index in [1.165, 1.54) is 12.1 Å². The molecule has 3 saturated heterocycles. The summed E-state index contributed by atoms with van der Waals surface area (Å²) in [5.74, 6) is 1.60. The molecular weight excluding hydrogens is 389 g/mol. The first-order valence-electron chi connectivity index (χ1n) is 11.0. The molecule has 5 atom stereocenters. The van der Waals surface area contributed by atoms with Crippen LogP contribution in [0, 0.1) is 23.7 Å². The van der Waals surface area contributed by atoms with E-state index < -0.39 is 11.7 Å². The molecule has 3 nitrogen and oxygen atoms in total. The van der Waals surface area contributed by atoms with Gasteiger partial charge in [0.2, 0.25) is 5.91 Å². The molecule has 2 unspecified atom stereocenters. The van der Waals surface area contributed by atoms with E-state index in [2.05, 4.69) is 30.2 Å². The van der Waals surface area contributed by atoms with Gasteiger partial charge in [-0.2, -0.15) is 13.2 Å². The minimum atomic E-state index is -4.30. The lowest BCUT2D eigenvalue weighted by molar-refractivity contribution is -0.149. The Hall–Kier alpha value is -1.82. The van der Waals surface area contributed by atoms with Gasteiger partial charge >= 0.3 is 6.18 Å². The molecule has 0 N–H and O–H groups in total. The van der Waals surface area contributed by atoms with Gasteiger partial charge in [0.25, 0.3) is 0 Å². The van der Waals surface area contributed by atoms with E-state index in [1.54, 1.807) is 12.1 Å². The van der Waals surface area contributed by atoms with Gasteiger partial charge in [-0.3, -0.25) is 9.69 Å². The summed E-state index contributed by atoms with van der Waals surface area (Å²) in [6, 6.07) is 6.14. The van der Waals surface area contributed by atoms with Crippen LogP contribution in [-0.2, 0) is 17.5 Å². The van der Waals surface area contributed by atoms with Gasteiger partial charge in [0.1, 0.15) is 0 Å². The maximum absolute atomic E-state index is 13.2. The molecule has 0 saturated carbocycles. The van der Waals surface area contributed by atoms with Crippen LogP contribution < -0.4 is 0 Å². The highest BCUT2D eigenvalue weighted by atomic mass is 19.4. The third-order valence-corrected chi connectivity index (χ3v) is 7.27. The Morgan fingerprint density at radius 3 is 2.33 bits per heavy atom. The van der Waals surface area contributed by atoms with E-state index in [-0.39, 0.29) is 12.0 Å². The van der Waals surface area contributed by atoms with Crippen LogP contribution >= 0.6 is 0 Å². The average molecular weight is 421 g/mol. The summed E-state index contributed by atoms with van der Waals surface area (Å²) in [6.45, 7) is 10.7. The summed E-state index contributed by atoms with van der Waals surface area (Å²) in [5.41, 5.74) is 0.306. The van der Waals surface area contributed by atoms with Crippen LogP contribution in [-0.4, -0.2) is 40.9 Å². The Morgan fingerprint density at radius 1 is 1.13 bits per heavy atom. The highest BCUT2D eigenvalue weighted by molar-refractivity contribution is 5.81. The molecule has 3 aliphatic rings. The van der Waals surface area contributed by atoms with E-state index in [0.717, 1.165) is 31.5 Å². The van der Waals surface area contributed by atoms with Gasteiger partial charge in [0.15, 0.2) is 0 Å². The lowest BCUT2D eigenvalue weighted by Crippen LogP contribution is -2.59. The third-order valence-electron chi connectivity index (χ3n) is 7.27. The number of allylic oxidation sites excluding steroid dienone is 1. The van der Waals surface area contributed by atoms with Crippen molar-refractivity contribution in [2.45, 2.75) is 57.9 Å². The van der Waals surface area contributed by atoms with Gasteiger partial charge < -0.3 is 4.90 Å². The normalized spacial score (nSPS) is 31.9. The molecule has 164 valence electrons. The molecule has 0 radical (unpaired) electrons. The second kappa shape index (κ2) is 8.03. The fourth-order valence-electron chi connectivity index (χ4n) is 6.03. The molecule has 1 aromatic rings. The fraction of sp³-hybridized carbons (Fsp3) is 0.625. The molecule has 1 amide bonds. The molecule has 3 heterocycles. The lowest BCUT2D eigenvalue weighted by Gasteiger charge is -2.49. The number of benzene rings is 1. The summed E-state index contributed by atoms with van der Waals surface area (Å²) in [7, 11) is 0. The van der Waals surface area contributed by atoms with E-state index >= 15 is 0 Å². The highest BCUT2D eigenvalue weighted by Gasteiger charge is 2.55. The van der Waals surface area contributed by atoms with Crippen molar-refractivity contribution in [1.29, 1.82) is 0 Å². The molecule has 6 heteroatoms. The number of carbonyl (C=O) groups excluding carboxylic acids is 1. The number of nitrogens with zero attached hydrogens (tertiary/aromatic N) is 2. The predicted molar refractivity (Wildman–Crippen MR) is 110 cm³/mol. The maximum atomic E-state index is 13.2. The molecule has 4 rings (SSSR count). The van der Waals surface area contributed by atoms with Crippen LogP contribution in [0.2, 0.25) is 0 Å². The van der Waals surface area contributed by atoms with Crippen molar-refractivity contribution in [3.8, 4) is 0 Å². The topological polar surface area (TPSA) is 23.6 Å². The van der Waals surface area contributed by atoms with Gasteiger partial charge in [-0.1, -0.05) is 32.1 Å². The van der Waals surface area contributed by atoms with Crippen LogP contribution in [0.15, 0.2) is 36.9 Å². The summed E-state index contributed by atoms with van der Waals surface area (Å²) < 4.78 is 38.5. The standard InChI is InChI=1S/C24H31F3N2O/c1-4-5-17-10-18-13-28(12-16-6-8-20(9-7-16)24(25,26)27)14-19-11-21(15(2)3)29(22(18)19)23(17)30/h4,6-9,15,17-19,21-22H,1,5,10-14H2,2-3H3/t17-,18-,19?,21-,22?/m1/s1. The van der Waals surface area contributed by atoms with Crippen LogP contribution in [0.5, 0.6) is 0 Å². The van der Waals surface area contributed by atoms with E-state index in [4.69, 9.17) is 0 Å². The van der Waals surface area contributed by atoms with Crippen molar-refractivity contribution in [3.63, 3.8) is 0 Å². The van der Waals surface area contributed by atoms with Crippen molar-refractivity contribution < 1.29 is 18.0 Å². The van der Waals surface area contributed by atoms with Gasteiger partial charge in [0.05, 0.1) is 5.56 Å². The van der Waals surface area contributed by atoms with Gasteiger partial charge in [-0.05, 0) is 54.7 Å². The Morgan fingerprint density at radius 2 is 1.77 bits per heavy atom. The second-order valence-corrected chi connectivity index (χ2v) is 9.65. The number of piperidine rings is 2. The number of hydrogen-bond donors (Lipinski definition) is 0. The monoisotopic (exact) mass is 420 g/mol. The van der Waals surface area contributed by atoms with E-state index in [0.29, 0.717) is 42.7 Å². The average Bonchev–Trinajstić information content (AvgIpc) is 3.06. The number of carbonyl (C=O) groups is 1. The number of alkyl halides is 3. The molecule has 0 bridgehead atoms. The highest BCUT2D eigenvalue weighted by Crippen LogP contribution is 2.47. The van der Waals surface area contributed by atoms with Crippen LogP contribution in [0.1, 0.15) is 44.2 Å². The quantitative estimate of drug-likeness (QED) is 0.628. The second-order valence-electron chi connectivity index (χ2n) is 9.65. The molecule has 1 aromatic carbocycles. The van der Waals surface area contributed by atoms with Crippen molar-refractivity contribution in [1.82, 2.24) is 9.80 Å². The predicted octanol–water partition coefficient (Wildman–Crippen LogP) is 4.97. The minimum Gasteiger partial charge on any atom is -0.336 e. The van der Waals surface area contributed by atoms with E-state index in [1.807, 2.05) is 6.08 Å². The maximum Gasteiger partial charge on any atom is 0.416 e. The number of likely N-dealkylation sites (tertiary alicyclic amines) is 1. The number of rotatable bonds is 5. The lowest BCUT2D eigenvalue weighted by atomic mass is 9.75. The zero-order valence-corrected chi connectivity index (χ0v) is 17.7. The number of halogens is 3. The van der Waals surface area contributed by atoms with Crippen LogP contribution in [0.25, 0.3) is 0 Å². The van der Waals surface area contributed by atoms with Gasteiger partial charge in [0, 0.05) is 37.6 Å². The Balaban J connectivity index is 1.52. The summed E-state index contributed by atoms with van der Waals surface area (Å²) >= 11 is 0. The molecule has 3 fully saturated rings. The zero-order chi connectivity index (χ0) is 21.6. The number of hydrogen-bond acceptors (Lipinski definition) is 2. The third kappa shape index (κ3) is 3.91. The largest absolute Gasteiger partial charge is 0.416 e. The van der Waals surface area contributed by atoms with E-state index in [9.17, 15) is 18.0 Å². The molecule has 30 heavy (non-hydrogen) atoms. The Bertz CT molecular complexity index is 789. The first kappa shape index (κ1) is 21.4. The number of amides is 1. The van der Waals surface area contributed by atoms with Gasteiger partial charge in [-0.15, -0.1) is 6.58 Å². The first-order valence-corrected chi connectivity index (χ1v) is 11.0. The summed E-state index contributed by atoms with van der Waals surface area (Å²) in [6.07, 6.45) is 0.174. The SMILES string of the molecule is C=CC[C@@H]1C[C@@H]2CN(Cc3ccc(C(F)(F)F)cc3)CC3C[C@H](C(C)C)N(C1=O)C32. The minimum absolute atomic E-state index is 0.00905. The fourth-order valence-corrected chi connectivity index (χ4v) is 6.03. The van der Waals surface area contributed by atoms with Crippen LogP contribution in [0.4, 0.5) is 13.2 Å². The summed E-state index contributed by atoms with van der Waals surface area (Å²) in [5, 5.41) is 0. The molecule has 0 aliphatic carbocycles. The smallest absolute Gasteiger partial charge is 0.336 e. The van der Waals surface area contributed by atoms with Crippen LogP contribution in [0.3, 0.4) is 0 Å². The molecule has 0 spiro atoms. The van der Waals surface area contributed by atoms with Gasteiger partial charge in [-0.25, -0.2) is 0 Å². The Labute approximate surface area is 176 Å². The van der Waals surface area contributed by atoms with Crippen molar-refractivity contribution in [2.24, 2.45) is 23.7 Å². The summed E-state index contributed by atoms with van der Waals surface area (Å²) in [4.78, 5) is 17.8. The van der Waals surface area contributed by atoms with Crippen molar-refractivity contribution in [2.75, 3.05) is 13.1 Å². The van der Waals surface area contributed by atoms with Crippen molar-refractivity contribution >= 4 is 5.91 Å². The Kier molecular flexibility index (Phi) is 5.73. The van der Waals surface area contributed by atoms with Crippen molar-refractivity contribution in [3.05, 3.63) is 48.0 Å². The first-order chi connectivity index (χ1) is 14.2.